The van der Waals surface area contributed by atoms with Crippen LogP contribution in [-0.4, -0.2) is 70.0 Å². The summed E-state index contributed by atoms with van der Waals surface area (Å²) in [5, 5.41) is 0. The van der Waals surface area contributed by atoms with Crippen molar-refractivity contribution < 1.29 is 42.1 Å². The number of hydrogen-bond acceptors (Lipinski definition) is 8. The van der Waals surface area contributed by atoms with Gasteiger partial charge < -0.3 is 27.9 Å². The molecule has 0 amide bonds. The number of ether oxygens (including phenoxy) is 2. The molecule has 2 unspecified atom stereocenters. The Morgan fingerprint density at radius 1 is 0.525 bits per heavy atom. The number of quaternary nitrogens is 1. The van der Waals surface area contributed by atoms with E-state index in [4.69, 9.17) is 18.5 Å². The van der Waals surface area contributed by atoms with E-state index in [1.54, 1.807) is 0 Å². The predicted octanol–water partition coefficient (Wildman–Crippen LogP) is 13.8. The zero-order valence-electron chi connectivity index (χ0n) is 39.8. The van der Waals surface area contributed by atoms with E-state index >= 15 is 0 Å². The average Bonchev–Trinajstić information content (AvgIpc) is 3.21. The number of phosphoric acid groups is 1. The Kier molecular flexibility index (Phi) is 41.4. The molecule has 0 aliphatic rings. The zero-order valence-corrected chi connectivity index (χ0v) is 40.7. The first kappa shape index (κ1) is 58.7. The van der Waals surface area contributed by atoms with Gasteiger partial charge in [0.1, 0.15) is 19.8 Å². The van der Waals surface area contributed by atoms with E-state index < -0.39 is 26.5 Å². The molecular formula is C51H92NO8P. The molecule has 0 N–H and O–H groups in total. The van der Waals surface area contributed by atoms with Gasteiger partial charge in [-0.25, -0.2) is 0 Å². The lowest BCUT2D eigenvalue weighted by atomic mass is 10.0. The van der Waals surface area contributed by atoms with Crippen molar-refractivity contribution in [3.63, 3.8) is 0 Å². The van der Waals surface area contributed by atoms with E-state index in [9.17, 15) is 19.0 Å². The minimum absolute atomic E-state index is 0.0315. The van der Waals surface area contributed by atoms with Crippen molar-refractivity contribution in [1.82, 2.24) is 0 Å². The first-order chi connectivity index (χ1) is 29.5. The molecule has 354 valence electrons. The molecule has 0 saturated carbocycles. The maximum absolute atomic E-state index is 12.7. The molecule has 0 aromatic carbocycles. The fraction of sp³-hybridized carbons (Fsp3) is 0.765. The second kappa shape index (κ2) is 43.0. The molecule has 0 aliphatic carbocycles. The topological polar surface area (TPSA) is 111 Å². The van der Waals surface area contributed by atoms with Crippen LogP contribution in [0.3, 0.4) is 0 Å². The number of hydrogen-bond donors (Lipinski definition) is 0. The number of esters is 2. The first-order valence-corrected chi connectivity index (χ1v) is 26.0. The largest absolute Gasteiger partial charge is 0.756 e. The minimum Gasteiger partial charge on any atom is -0.756 e. The van der Waals surface area contributed by atoms with Crippen molar-refractivity contribution >= 4 is 19.8 Å². The molecule has 0 aromatic heterocycles. The Hall–Kier alpha value is -2.29. The Morgan fingerprint density at radius 2 is 0.934 bits per heavy atom. The van der Waals surface area contributed by atoms with Gasteiger partial charge in [0.05, 0.1) is 27.7 Å². The highest BCUT2D eigenvalue weighted by atomic mass is 31.2. The van der Waals surface area contributed by atoms with Gasteiger partial charge >= 0.3 is 11.9 Å². The second-order valence-electron chi connectivity index (χ2n) is 17.5. The summed E-state index contributed by atoms with van der Waals surface area (Å²) >= 11 is 0. The van der Waals surface area contributed by atoms with Crippen molar-refractivity contribution in [2.24, 2.45) is 0 Å². The molecule has 0 aromatic rings. The summed E-state index contributed by atoms with van der Waals surface area (Å²) < 4.78 is 33.9. The van der Waals surface area contributed by atoms with Gasteiger partial charge in [0, 0.05) is 12.8 Å². The molecule has 0 rings (SSSR count). The maximum Gasteiger partial charge on any atom is 0.306 e. The number of carbonyl (C=O) groups is 2. The highest BCUT2D eigenvalue weighted by molar-refractivity contribution is 7.45. The molecular weight excluding hydrogens is 786 g/mol. The molecule has 9 nitrogen and oxygen atoms in total. The molecule has 0 bridgehead atoms. The van der Waals surface area contributed by atoms with E-state index in [-0.39, 0.29) is 32.0 Å². The van der Waals surface area contributed by atoms with Crippen LogP contribution in [-0.2, 0) is 32.7 Å². The fourth-order valence-corrected chi connectivity index (χ4v) is 7.23. The second-order valence-corrected chi connectivity index (χ2v) is 18.9. The number of likely N-dealkylation sites (N-methyl/N-ethyl adjacent to an activating group) is 1. The maximum atomic E-state index is 12.7. The van der Waals surface area contributed by atoms with E-state index in [1.165, 1.54) is 96.3 Å². The normalized spacial score (nSPS) is 14.0. The summed E-state index contributed by atoms with van der Waals surface area (Å²) in [7, 11) is 1.16. The molecule has 10 heteroatoms. The average molecular weight is 878 g/mol. The van der Waals surface area contributed by atoms with Gasteiger partial charge in [0.15, 0.2) is 6.10 Å². The summed E-state index contributed by atoms with van der Waals surface area (Å²) in [6.45, 7) is 4.08. The highest BCUT2D eigenvalue weighted by Gasteiger charge is 2.21. The van der Waals surface area contributed by atoms with Crippen LogP contribution in [0.2, 0.25) is 0 Å². The molecule has 0 spiro atoms. The molecule has 0 fully saturated rings. The third-order valence-electron chi connectivity index (χ3n) is 10.3. The summed E-state index contributed by atoms with van der Waals surface area (Å²) in [6.07, 6.45) is 52.8. The summed E-state index contributed by atoms with van der Waals surface area (Å²) in [5.41, 5.74) is 0. The van der Waals surface area contributed by atoms with Crippen LogP contribution < -0.4 is 4.89 Å². The molecule has 61 heavy (non-hydrogen) atoms. The van der Waals surface area contributed by atoms with Crippen molar-refractivity contribution in [2.45, 2.75) is 206 Å². The Bertz CT molecular complexity index is 1220. The van der Waals surface area contributed by atoms with Crippen LogP contribution in [0.4, 0.5) is 0 Å². The number of phosphoric ester groups is 1. The monoisotopic (exact) mass is 878 g/mol. The van der Waals surface area contributed by atoms with Gasteiger partial charge in [-0.2, -0.15) is 0 Å². The Morgan fingerprint density at radius 3 is 1.39 bits per heavy atom. The molecule has 2 atom stereocenters. The standard InChI is InChI=1S/C51H92NO8P/c1-6-8-10-12-14-16-17-18-19-20-21-22-23-24-25-26-27-28-29-30-31-32-33-34-35-36-38-40-42-44-51(54)60-49(48-59-61(55,56)58-46-45-52(3,4)5)47-57-50(53)43-41-39-37-15-13-11-9-7-2/h8,10,14,16,18-19,21-22,24-25,49H,6-7,9,11-13,15,17,20,23,26-48H2,1-5H3/b10-8-,16-14-,19-18-,22-21-,25-24-. The third kappa shape index (κ3) is 47.0. The lowest BCUT2D eigenvalue weighted by Crippen LogP contribution is -2.37. The summed E-state index contributed by atoms with van der Waals surface area (Å²) in [4.78, 5) is 37.5. The van der Waals surface area contributed by atoms with Crippen LogP contribution in [0.25, 0.3) is 0 Å². The summed E-state index contributed by atoms with van der Waals surface area (Å²) in [6, 6.07) is 0. The number of allylic oxidation sites excluding steroid dienone is 10. The number of nitrogens with zero attached hydrogens (tertiary/aromatic N) is 1. The number of rotatable bonds is 44. The zero-order chi connectivity index (χ0) is 45.0. The number of carbonyl (C=O) groups excluding carboxylic acids is 2. The number of unbranched alkanes of at least 4 members (excludes halogenated alkanes) is 20. The van der Waals surface area contributed by atoms with Crippen molar-refractivity contribution in [2.75, 3.05) is 47.5 Å². The molecule has 0 radical (unpaired) electrons. The fourth-order valence-electron chi connectivity index (χ4n) is 6.51. The van der Waals surface area contributed by atoms with Gasteiger partial charge in [-0.1, -0.05) is 190 Å². The van der Waals surface area contributed by atoms with Gasteiger partial charge in [-0.05, 0) is 57.8 Å². The van der Waals surface area contributed by atoms with Gasteiger partial charge in [-0.3, -0.25) is 14.2 Å². The smallest absolute Gasteiger partial charge is 0.306 e. The van der Waals surface area contributed by atoms with Gasteiger partial charge in [0.25, 0.3) is 7.82 Å². The van der Waals surface area contributed by atoms with Crippen LogP contribution in [0.1, 0.15) is 200 Å². The quantitative estimate of drug-likeness (QED) is 0.0196. The van der Waals surface area contributed by atoms with Crippen LogP contribution in [0.15, 0.2) is 60.8 Å². The Labute approximate surface area is 375 Å². The highest BCUT2D eigenvalue weighted by Crippen LogP contribution is 2.38. The van der Waals surface area contributed by atoms with Crippen LogP contribution in [0.5, 0.6) is 0 Å². The summed E-state index contributed by atoms with van der Waals surface area (Å²) in [5.74, 6) is -0.839. The Balaban J connectivity index is 4.07. The van der Waals surface area contributed by atoms with Gasteiger partial charge in [0.2, 0.25) is 0 Å². The van der Waals surface area contributed by atoms with E-state index in [0.717, 1.165) is 70.6 Å². The lowest BCUT2D eigenvalue weighted by Gasteiger charge is -2.28. The van der Waals surface area contributed by atoms with Gasteiger partial charge in [-0.15, -0.1) is 0 Å². The molecule has 0 heterocycles. The first-order valence-electron chi connectivity index (χ1n) is 24.5. The lowest BCUT2D eigenvalue weighted by molar-refractivity contribution is -0.870. The third-order valence-corrected chi connectivity index (χ3v) is 11.3. The van der Waals surface area contributed by atoms with E-state index in [0.29, 0.717) is 17.4 Å². The van der Waals surface area contributed by atoms with E-state index in [1.807, 2.05) is 21.1 Å². The van der Waals surface area contributed by atoms with Crippen molar-refractivity contribution in [3.8, 4) is 0 Å². The van der Waals surface area contributed by atoms with Crippen molar-refractivity contribution in [3.05, 3.63) is 60.8 Å². The van der Waals surface area contributed by atoms with Crippen LogP contribution >= 0.6 is 7.82 Å². The molecule has 0 aliphatic heterocycles. The van der Waals surface area contributed by atoms with Crippen molar-refractivity contribution in [1.29, 1.82) is 0 Å². The minimum atomic E-state index is -4.62. The van der Waals surface area contributed by atoms with Crippen LogP contribution in [0, 0.1) is 0 Å². The van der Waals surface area contributed by atoms with E-state index in [2.05, 4.69) is 74.6 Å². The SMILES string of the molecule is CC/C=C\C/C=C\C/C=C\C/C=C\C/C=C\CCCCCCCCCCCCCCCC(=O)OC(COC(=O)CCCCCCCCCC)COP(=O)([O-])OCC[N+](C)(C)C. The predicted molar refractivity (Wildman–Crippen MR) is 254 cm³/mol. The molecule has 0 saturated heterocycles.